The minimum absolute atomic E-state index is 0.0832. The molecule has 0 unspecified atom stereocenters. The number of aromatic nitrogens is 3. The summed E-state index contributed by atoms with van der Waals surface area (Å²) in [6.07, 6.45) is 2.72. The Kier molecular flexibility index (Phi) is 2.24. The molecule has 0 atom stereocenters. The molecule has 6 heteroatoms. The van der Waals surface area contributed by atoms with Crippen molar-refractivity contribution < 1.29 is 14.3 Å². The molecule has 0 bridgehead atoms. The van der Waals surface area contributed by atoms with Gasteiger partial charge in [-0.15, -0.1) is 0 Å². The number of aliphatic carboxylic acids is 1. The average molecular weight is 207 g/mol. The van der Waals surface area contributed by atoms with Crippen LogP contribution in [0.5, 0.6) is 0 Å². The van der Waals surface area contributed by atoms with E-state index in [1.807, 2.05) is 0 Å². The van der Waals surface area contributed by atoms with Crippen LogP contribution >= 0.6 is 0 Å². The molecule has 2 N–H and O–H groups in total. The number of hydrogen-bond acceptors (Lipinski definition) is 4. The van der Waals surface area contributed by atoms with Gasteiger partial charge in [-0.25, -0.2) is 9.97 Å². The van der Waals surface area contributed by atoms with Crippen molar-refractivity contribution in [3.05, 3.63) is 24.0 Å². The molecule has 0 amide bonds. The molecule has 2 rings (SSSR count). The number of imidazole rings is 1. The van der Waals surface area contributed by atoms with Gasteiger partial charge in [0, 0.05) is 11.9 Å². The van der Waals surface area contributed by atoms with Crippen molar-refractivity contribution in [1.82, 2.24) is 15.0 Å². The van der Waals surface area contributed by atoms with Gasteiger partial charge in [-0.05, 0) is 6.92 Å². The molecule has 0 aromatic carbocycles. The second kappa shape index (κ2) is 3.56. The number of hydrogen-bond donors (Lipinski definition) is 2. The standard InChI is InChI=1S/C9H9N3O3/c1-5-8(15-4-11-5)9-10-3-6(12-9)2-7(13)14/h3-4H,2H2,1H3,(H,10,12)(H,13,14). The van der Waals surface area contributed by atoms with E-state index in [0.717, 1.165) is 0 Å². The van der Waals surface area contributed by atoms with E-state index < -0.39 is 5.97 Å². The zero-order valence-electron chi connectivity index (χ0n) is 8.02. The average Bonchev–Trinajstić information content (AvgIpc) is 2.72. The number of aromatic amines is 1. The maximum Gasteiger partial charge on any atom is 0.309 e. The number of carbonyl (C=O) groups is 1. The lowest BCUT2D eigenvalue weighted by atomic mass is 10.3. The van der Waals surface area contributed by atoms with Crippen LogP contribution in [0.3, 0.4) is 0 Å². The van der Waals surface area contributed by atoms with E-state index in [4.69, 9.17) is 9.52 Å². The zero-order valence-corrected chi connectivity index (χ0v) is 8.02. The van der Waals surface area contributed by atoms with Crippen molar-refractivity contribution >= 4 is 5.97 Å². The Labute approximate surface area is 85.0 Å². The Morgan fingerprint density at radius 2 is 2.40 bits per heavy atom. The van der Waals surface area contributed by atoms with Gasteiger partial charge in [0.2, 0.25) is 0 Å². The molecule has 2 aromatic rings. The van der Waals surface area contributed by atoms with E-state index in [1.54, 1.807) is 6.92 Å². The Balaban J connectivity index is 2.28. The lowest BCUT2D eigenvalue weighted by Crippen LogP contribution is -1.99. The first-order valence-corrected chi connectivity index (χ1v) is 4.33. The van der Waals surface area contributed by atoms with Crippen LogP contribution in [0.1, 0.15) is 11.4 Å². The van der Waals surface area contributed by atoms with Gasteiger partial charge in [0.25, 0.3) is 0 Å². The number of carboxylic acid groups (broad SMARTS) is 1. The fourth-order valence-electron chi connectivity index (χ4n) is 1.26. The second-order valence-electron chi connectivity index (χ2n) is 3.09. The van der Waals surface area contributed by atoms with E-state index >= 15 is 0 Å². The minimum Gasteiger partial charge on any atom is -0.481 e. The van der Waals surface area contributed by atoms with Crippen molar-refractivity contribution in [1.29, 1.82) is 0 Å². The van der Waals surface area contributed by atoms with E-state index in [-0.39, 0.29) is 6.42 Å². The zero-order chi connectivity index (χ0) is 10.8. The topological polar surface area (TPSA) is 92.0 Å². The summed E-state index contributed by atoms with van der Waals surface area (Å²) in [4.78, 5) is 21.3. The Hall–Kier alpha value is -2.11. The number of nitrogens with one attached hydrogen (secondary N) is 1. The van der Waals surface area contributed by atoms with Crippen molar-refractivity contribution in [2.24, 2.45) is 0 Å². The number of oxazole rings is 1. The smallest absolute Gasteiger partial charge is 0.309 e. The third kappa shape index (κ3) is 1.88. The largest absolute Gasteiger partial charge is 0.481 e. The van der Waals surface area contributed by atoms with E-state index in [0.29, 0.717) is 23.0 Å². The summed E-state index contributed by atoms with van der Waals surface area (Å²) >= 11 is 0. The number of rotatable bonds is 3. The molecule has 2 heterocycles. The highest BCUT2D eigenvalue weighted by Crippen LogP contribution is 2.18. The van der Waals surface area contributed by atoms with Gasteiger partial charge in [0.15, 0.2) is 18.0 Å². The molecular weight excluding hydrogens is 198 g/mol. The molecule has 0 radical (unpaired) electrons. The van der Waals surface area contributed by atoms with Crippen LogP contribution in [-0.4, -0.2) is 26.0 Å². The minimum atomic E-state index is -0.903. The van der Waals surface area contributed by atoms with Gasteiger partial charge in [-0.1, -0.05) is 0 Å². The molecule has 0 fully saturated rings. The van der Waals surface area contributed by atoms with Gasteiger partial charge in [-0.3, -0.25) is 4.79 Å². The Bertz CT molecular complexity index is 486. The molecule has 6 nitrogen and oxygen atoms in total. The molecule has 2 aromatic heterocycles. The third-order valence-corrected chi connectivity index (χ3v) is 1.93. The summed E-state index contributed by atoms with van der Waals surface area (Å²) < 4.78 is 5.12. The summed E-state index contributed by atoms with van der Waals surface area (Å²) in [7, 11) is 0. The molecule has 0 aliphatic carbocycles. The van der Waals surface area contributed by atoms with Crippen molar-refractivity contribution in [3.8, 4) is 11.6 Å². The summed E-state index contributed by atoms with van der Waals surface area (Å²) in [6.45, 7) is 1.79. The molecule has 0 spiro atoms. The summed E-state index contributed by atoms with van der Waals surface area (Å²) in [6, 6.07) is 0. The monoisotopic (exact) mass is 207 g/mol. The predicted molar refractivity (Wildman–Crippen MR) is 50.2 cm³/mol. The number of nitrogens with zero attached hydrogens (tertiary/aromatic N) is 2. The van der Waals surface area contributed by atoms with Crippen LogP contribution < -0.4 is 0 Å². The van der Waals surface area contributed by atoms with Crippen LogP contribution in [0.4, 0.5) is 0 Å². The fraction of sp³-hybridized carbons (Fsp3) is 0.222. The fourth-order valence-corrected chi connectivity index (χ4v) is 1.26. The third-order valence-electron chi connectivity index (χ3n) is 1.93. The normalized spacial score (nSPS) is 10.5. The van der Waals surface area contributed by atoms with E-state index in [2.05, 4.69) is 15.0 Å². The SMILES string of the molecule is Cc1ncoc1-c1ncc(CC(=O)O)[nH]1. The Morgan fingerprint density at radius 3 is 3.00 bits per heavy atom. The van der Waals surface area contributed by atoms with Crippen molar-refractivity contribution in [2.45, 2.75) is 13.3 Å². The van der Waals surface area contributed by atoms with Crippen LogP contribution in [0.15, 0.2) is 17.0 Å². The lowest BCUT2D eigenvalue weighted by Gasteiger charge is -1.91. The first-order valence-electron chi connectivity index (χ1n) is 4.33. The highest BCUT2D eigenvalue weighted by Gasteiger charge is 2.11. The quantitative estimate of drug-likeness (QED) is 0.783. The van der Waals surface area contributed by atoms with Gasteiger partial charge in [0.1, 0.15) is 0 Å². The molecule has 0 saturated heterocycles. The predicted octanol–water partition coefficient (Wildman–Crippen LogP) is 1.00. The summed E-state index contributed by atoms with van der Waals surface area (Å²) in [5, 5.41) is 8.58. The van der Waals surface area contributed by atoms with Crippen LogP contribution in [0.2, 0.25) is 0 Å². The Morgan fingerprint density at radius 1 is 1.60 bits per heavy atom. The van der Waals surface area contributed by atoms with Gasteiger partial charge in [-0.2, -0.15) is 0 Å². The maximum absolute atomic E-state index is 10.4. The van der Waals surface area contributed by atoms with Crippen LogP contribution in [0.25, 0.3) is 11.6 Å². The van der Waals surface area contributed by atoms with E-state index in [9.17, 15) is 4.79 Å². The van der Waals surface area contributed by atoms with Gasteiger partial charge < -0.3 is 14.5 Å². The van der Waals surface area contributed by atoms with E-state index in [1.165, 1.54) is 12.6 Å². The van der Waals surface area contributed by atoms with Crippen LogP contribution in [0, 0.1) is 6.92 Å². The summed E-state index contributed by atoms with van der Waals surface area (Å²) in [5.41, 5.74) is 1.25. The molecule has 15 heavy (non-hydrogen) atoms. The molecular formula is C9H9N3O3. The number of H-pyrrole nitrogens is 1. The number of carboxylic acids is 1. The highest BCUT2D eigenvalue weighted by molar-refractivity contribution is 5.69. The lowest BCUT2D eigenvalue weighted by molar-refractivity contribution is -0.136. The molecule has 0 aliphatic rings. The first-order chi connectivity index (χ1) is 7.16. The second-order valence-corrected chi connectivity index (χ2v) is 3.09. The van der Waals surface area contributed by atoms with Gasteiger partial charge in [0.05, 0.1) is 12.1 Å². The van der Waals surface area contributed by atoms with Gasteiger partial charge >= 0.3 is 5.97 Å². The molecule has 0 aliphatic heterocycles. The first kappa shape index (κ1) is 9.45. The number of aryl methyl sites for hydroxylation is 1. The maximum atomic E-state index is 10.4. The van der Waals surface area contributed by atoms with Crippen molar-refractivity contribution in [3.63, 3.8) is 0 Å². The highest BCUT2D eigenvalue weighted by atomic mass is 16.4. The molecule has 78 valence electrons. The van der Waals surface area contributed by atoms with Crippen molar-refractivity contribution in [2.75, 3.05) is 0 Å². The molecule has 0 saturated carbocycles. The summed E-state index contributed by atoms with van der Waals surface area (Å²) in [5.74, 6) is 0.132. The van der Waals surface area contributed by atoms with Crippen LogP contribution in [-0.2, 0) is 11.2 Å².